The summed E-state index contributed by atoms with van der Waals surface area (Å²) in [5, 5.41) is 18.6. The number of aromatic nitrogens is 6. The topological polar surface area (TPSA) is 61.4 Å². The summed E-state index contributed by atoms with van der Waals surface area (Å²) in [6.07, 6.45) is 1.80. The van der Waals surface area contributed by atoms with Crippen molar-refractivity contribution in [2.45, 2.75) is 31.3 Å². The van der Waals surface area contributed by atoms with Crippen molar-refractivity contribution in [2.24, 2.45) is 0 Å². The molecule has 0 radical (unpaired) electrons. The number of hydrogen-bond acceptors (Lipinski definition) is 5. The van der Waals surface area contributed by atoms with Crippen LogP contribution in [0, 0.1) is 6.92 Å². The van der Waals surface area contributed by atoms with Crippen molar-refractivity contribution >= 4 is 11.8 Å². The van der Waals surface area contributed by atoms with E-state index < -0.39 is 0 Å². The molecule has 4 rings (SSSR count). The second kappa shape index (κ2) is 7.75. The second-order valence-corrected chi connectivity index (χ2v) is 7.06. The second-order valence-electron chi connectivity index (χ2n) is 6.11. The number of nitrogens with zero attached hydrogens (tertiary/aromatic N) is 6. The minimum absolute atomic E-state index is 0.693. The molecule has 0 aliphatic carbocycles. The normalized spacial score (nSPS) is 11.0. The van der Waals surface area contributed by atoms with Gasteiger partial charge in [-0.25, -0.2) is 0 Å². The molecule has 2 heterocycles. The highest BCUT2D eigenvalue weighted by molar-refractivity contribution is 7.98. The van der Waals surface area contributed by atoms with Crippen LogP contribution >= 0.6 is 11.8 Å². The van der Waals surface area contributed by atoms with Crippen LogP contribution in [0.4, 0.5) is 0 Å². The van der Waals surface area contributed by atoms with Crippen LogP contribution in [0.5, 0.6) is 0 Å². The molecule has 0 amide bonds. The molecule has 6 nitrogen and oxygen atoms in total. The van der Waals surface area contributed by atoms with Gasteiger partial charge in [0.2, 0.25) is 0 Å². The Morgan fingerprint density at radius 2 is 1.74 bits per heavy atom. The van der Waals surface area contributed by atoms with Crippen LogP contribution in [0.25, 0.3) is 17.1 Å². The highest BCUT2D eigenvalue weighted by Gasteiger charge is 2.15. The summed E-state index contributed by atoms with van der Waals surface area (Å²) in [5.74, 6) is 1.60. The van der Waals surface area contributed by atoms with Gasteiger partial charge in [0, 0.05) is 17.9 Å². The summed E-state index contributed by atoms with van der Waals surface area (Å²) in [6.45, 7) is 5.02. The predicted octanol–water partition coefficient (Wildman–Crippen LogP) is 4.15. The van der Waals surface area contributed by atoms with E-state index in [0.717, 1.165) is 34.5 Å². The van der Waals surface area contributed by atoms with Crippen molar-refractivity contribution in [1.29, 1.82) is 0 Å². The smallest absolute Gasteiger partial charge is 0.191 e. The van der Waals surface area contributed by atoms with E-state index in [0.29, 0.717) is 5.75 Å². The van der Waals surface area contributed by atoms with Crippen LogP contribution in [0.2, 0.25) is 0 Å². The molecule has 0 bridgehead atoms. The minimum Gasteiger partial charge on any atom is -0.302 e. The molecule has 2 aromatic heterocycles. The summed E-state index contributed by atoms with van der Waals surface area (Å²) in [5.41, 5.74) is 4.18. The highest BCUT2D eigenvalue weighted by atomic mass is 32.2. The molecule has 0 saturated carbocycles. The third-order valence-electron chi connectivity index (χ3n) is 4.29. The molecule has 0 saturated heterocycles. The van der Waals surface area contributed by atoms with Crippen LogP contribution in [0.15, 0.2) is 66.0 Å². The third kappa shape index (κ3) is 3.64. The first-order valence-electron chi connectivity index (χ1n) is 8.85. The average molecular weight is 376 g/mol. The van der Waals surface area contributed by atoms with E-state index in [1.165, 1.54) is 5.56 Å². The number of thioether (sulfide) groups is 1. The van der Waals surface area contributed by atoms with Gasteiger partial charge >= 0.3 is 0 Å². The maximum atomic E-state index is 4.56. The number of aryl methyl sites for hydroxylation is 1. The Hall–Kier alpha value is -2.93. The zero-order valence-electron chi connectivity index (χ0n) is 15.3. The summed E-state index contributed by atoms with van der Waals surface area (Å²) in [4.78, 5) is 1.65. The fourth-order valence-corrected chi connectivity index (χ4v) is 3.77. The fourth-order valence-electron chi connectivity index (χ4n) is 2.89. The van der Waals surface area contributed by atoms with Crippen LogP contribution in [-0.2, 0) is 12.3 Å². The Kier molecular flexibility index (Phi) is 5.02. The highest BCUT2D eigenvalue weighted by Crippen LogP contribution is 2.27. The van der Waals surface area contributed by atoms with Crippen LogP contribution in [-0.4, -0.2) is 29.8 Å². The Labute approximate surface area is 162 Å². The van der Waals surface area contributed by atoms with Crippen LogP contribution < -0.4 is 0 Å². The molecule has 0 aliphatic rings. The molecule has 0 N–H and O–H groups in total. The minimum atomic E-state index is 0.693. The van der Waals surface area contributed by atoms with Crippen molar-refractivity contribution in [3.8, 4) is 17.1 Å². The lowest BCUT2D eigenvalue weighted by atomic mass is 10.1. The maximum Gasteiger partial charge on any atom is 0.191 e. The number of rotatable bonds is 6. The molecule has 7 heteroatoms. The van der Waals surface area contributed by atoms with Gasteiger partial charge in [-0.05, 0) is 31.5 Å². The molecule has 0 aliphatic heterocycles. The maximum absolute atomic E-state index is 4.56. The van der Waals surface area contributed by atoms with Gasteiger partial charge < -0.3 is 4.57 Å². The molecule has 0 fully saturated rings. The largest absolute Gasteiger partial charge is 0.302 e. The van der Waals surface area contributed by atoms with Crippen molar-refractivity contribution in [2.75, 3.05) is 0 Å². The molecule has 4 aromatic rings. The first-order valence-corrected chi connectivity index (χ1v) is 9.83. The van der Waals surface area contributed by atoms with Gasteiger partial charge in [-0.2, -0.15) is 15.0 Å². The van der Waals surface area contributed by atoms with Crippen molar-refractivity contribution in [3.05, 3.63) is 72.1 Å². The number of benzene rings is 2. The van der Waals surface area contributed by atoms with E-state index in [9.17, 15) is 0 Å². The molecule has 0 atom stereocenters. The Morgan fingerprint density at radius 1 is 0.963 bits per heavy atom. The monoisotopic (exact) mass is 376 g/mol. The average Bonchev–Trinajstić information content (AvgIpc) is 3.34. The van der Waals surface area contributed by atoms with Gasteiger partial charge in [-0.1, -0.05) is 54.2 Å². The molecule has 27 heavy (non-hydrogen) atoms. The summed E-state index contributed by atoms with van der Waals surface area (Å²) in [6, 6.07) is 18.2. The van der Waals surface area contributed by atoms with E-state index in [4.69, 9.17) is 0 Å². The zero-order chi connectivity index (χ0) is 18.6. The molecule has 0 unspecified atom stereocenters. The van der Waals surface area contributed by atoms with E-state index in [-0.39, 0.29) is 0 Å². The summed E-state index contributed by atoms with van der Waals surface area (Å²) < 4.78 is 2.15. The van der Waals surface area contributed by atoms with Crippen molar-refractivity contribution in [1.82, 2.24) is 29.8 Å². The molecular formula is C20H20N6S. The fraction of sp³-hybridized carbons (Fsp3) is 0.200. The third-order valence-corrected chi connectivity index (χ3v) is 5.29. The number of para-hydroxylation sites is 1. The summed E-state index contributed by atoms with van der Waals surface area (Å²) >= 11 is 1.63. The predicted molar refractivity (Wildman–Crippen MR) is 107 cm³/mol. The van der Waals surface area contributed by atoms with Crippen LogP contribution in [0.3, 0.4) is 0 Å². The molecule has 2 aromatic carbocycles. The standard InChI is InChI=1S/C20H20N6S/c1-3-25-19(18-12-8-7-9-15(18)2)22-23-20(25)27-14-16-13-21-26(24-16)17-10-5-4-6-11-17/h4-13H,3,14H2,1-2H3. The van der Waals surface area contributed by atoms with Gasteiger partial charge in [0.15, 0.2) is 11.0 Å². The van der Waals surface area contributed by atoms with Gasteiger partial charge in [0.05, 0.1) is 17.6 Å². The van der Waals surface area contributed by atoms with Gasteiger partial charge in [-0.3, -0.25) is 0 Å². The van der Waals surface area contributed by atoms with E-state index in [2.05, 4.69) is 50.9 Å². The summed E-state index contributed by atoms with van der Waals surface area (Å²) in [7, 11) is 0. The Morgan fingerprint density at radius 3 is 2.52 bits per heavy atom. The van der Waals surface area contributed by atoms with Crippen molar-refractivity contribution in [3.63, 3.8) is 0 Å². The zero-order valence-corrected chi connectivity index (χ0v) is 16.1. The Bertz CT molecular complexity index is 1040. The number of hydrogen-bond donors (Lipinski definition) is 0. The Balaban J connectivity index is 1.53. The van der Waals surface area contributed by atoms with Crippen LogP contribution in [0.1, 0.15) is 18.2 Å². The molecular weight excluding hydrogens is 356 g/mol. The first-order chi connectivity index (χ1) is 13.3. The van der Waals surface area contributed by atoms with E-state index in [1.54, 1.807) is 22.8 Å². The SMILES string of the molecule is CCn1c(SCc2cnn(-c3ccccc3)n2)nnc1-c1ccccc1C. The van der Waals surface area contributed by atoms with Gasteiger partial charge in [-0.15, -0.1) is 10.2 Å². The van der Waals surface area contributed by atoms with Gasteiger partial charge in [0.25, 0.3) is 0 Å². The van der Waals surface area contributed by atoms with Crippen molar-refractivity contribution < 1.29 is 0 Å². The quantitative estimate of drug-likeness (QED) is 0.473. The van der Waals surface area contributed by atoms with E-state index in [1.807, 2.05) is 42.5 Å². The van der Waals surface area contributed by atoms with Gasteiger partial charge in [0.1, 0.15) is 0 Å². The molecule has 136 valence electrons. The lowest BCUT2D eigenvalue weighted by Gasteiger charge is -2.08. The van der Waals surface area contributed by atoms with E-state index >= 15 is 0 Å². The first kappa shape index (κ1) is 17.5. The lowest BCUT2D eigenvalue weighted by molar-refractivity contribution is 0.686. The molecule has 0 spiro atoms. The lowest BCUT2D eigenvalue weighted by Crippen LogP contribution is -2.01.